The normalized spacial score (nSPS) is 14.3. The van der Waals surface area contributed by atoms with Crippen LogP contribution in [0.25, 0.3) is 120 Å². The Morgan fingerprint density at radius 3 is 1.88 bits per heavy atom. The van der Waals surface area contributed by atoms with Gasteiger partial charge < -0.3 is 8.83 Å². The molecule has 0 aliphatic rings. The van der Waals surface area contributed by atoms with Crippen LogP contribution in [-0.4, -0.2) is 15.0 Å². The highest BCUT2D eigenvalue weighted by Crippen LogP contribution is 2.47. The maximum Gasteiger partial charge on any atom is 0.167 e. The van der Waals surface area contributed by atoms with E-state index in [0.29, 0.717) is 22.1 Å². The average Bonchev–Trinajstić information content (AvgIpc) is 4.05. The van der Waals surface area contributed by atoms with Gasteiger partial charge in [0.1, 0.15) is 22.3 Å². The summed E-state index contributed by atoms with van der Waals surface area (Å²) in [5.41, 5.74) is 6.12. The van der Waals surface area contributed by atoms with Crippen molar-refractivity contribution in [1.29, 1.82) is 0 Å². The summed E-state index contributed by atoms with van der Waals surface area (Å²) in [6.45, 7) is 0. The molecule has 0 fully saturated rings. The molecule has 57 heavy (non-hydrogen) atoms. The molecule has 6 heteroatoms. The fourth-order valence-electron chi connectivity index (χ4n) is 7.83. The number of aromatic nitrogens is 3. The van der Waals surface area contributed by atoms with Crippen LogP contribution < -0.4 is 0 Å². The molecule has 0 saturated carbocycles. The van der Waals surface area contributed by atoms with E-state index in [1.54, 1.807) is 23.5 Å². The van der Waals surface area contributed by atoms with E-state index in [9.17, 15) is 0 Å². The first-order valence-corrected chi connectivity index (χ1v) is 18.9. The van der Waals surface area contributed by atoms with Crippen LogP contribution in [0.4, 0.5) is 0 Å². The van der Waals surface area contributed by atoms with Crippen LogP contribution >= 0.6 is 11.3 Å². The number of nitrogens with zero attached hydrogens (tertiary/aromatic N) is 3. The van der Waals surface area contributed by atoms with Crippen molar-refractivity contribution in [2.45, 2.75) is 0 Å². The molecule has 0 unspecified atom stereocenters. The smallest absolute Gasteiger partial charge is 0.167 e. The molecule has 0 aliphatic heterocycles. The monoisotopic (exact) mass is 757 g/mol. The summed E-state index contributed by atoms with van der Waals surface area (Å²) in [7, 11) is 0. The molecule has 12 aromatic rings. The molecule has 12 rings (SSSR count). The summed E-state index contributed by atoms with van der Waals surface area (Å²) in [5, 5.41) is 5.87. The van der Waals surface area contributed by atoms with Crippen LogP contribution in [0.3, 0.4) is 0 Å². The first-order chi connectivity index (χ1) is 32.4. The first kappa shape index (κ1) is 23.5. The second-order valence-corrected chi connectivity index (χ2v) is 14.7. The van der Waals surface area contributed by atoms with Gasteiger partial charge in [0.25, 0.3) is 0 Å². The third-order valence-electron chi connectivity index (χ3n) is 10.3. The number of para-hydroxylation sites is 2. The molecule has 4 aromatic heterocycles. The zero-order valence-corrected chi connectivity index (χ0v) is 30.4. The Kier molecular flexibility index (Phi) is 5.18. The van der Waals surface area contributed by atoms with E-state index in [1.165, 1.54) is 4.70 Å². The SMILES string of the molecule is [2H]c1c([2H])c([2H])c(-c2nc(-c3c([2H])c([2H])c([2H])c([2H])c3[2H])nc(-c3cccc4c3oc3cc(-c5cc(-c6cccc7oc8ccccc8c67)c6c(c5)sc5ccccc56)ccc34)n2)c([2H])c1[2H]. The van der Waals surface area contributed by atoms with Crippen LogP contribution in [0.2, 0.25) is 0 Å². The molecule has 0 saturated heterocycles. The van der Waals surface area contributed by atoms with Crippen molar-refractivity contribution in [2.75, 3.05) is 0 Å². The number of rotatable bonds is 5. The number of hydrogen-bond donors (Lipinski definition) is 0. The van der Waals surface area contributed by atoms with Crippen molar-refractivity contribution < 1.29 is 22.5 Å². The lowest BCUT2D eigenvalue weighted by atomic mass is 9.92. The Labute approximate surface area is 344 Å². The second kappa shape index (κ2) is 12.6. The molecule has 0 amide bonds. The Bertz CT molecular complexity index is 4000. The molecule has 0 aliphatic carbocycles. The summed E-state index contributed by atoms with van der Waals surface area (Å²) >= 11 is 1.73. The number of fused-ring (bicyclic) bond motifs is 9. The van der Waals surface area contributed by atoms with Gasteiger partial charge in [0, 0.05) is 52.8 Å². The van der Waals surface area contributed by atoms with E-state index in [1.807, 2.05) is 54.6 Å². The van der Waals surface area contributed by atoms with Gasteiger partial charge in [-0.1, -0.05) is 127 Å². The largest absolute Gasteiger partial charge is 0.456 e. The highest BCUT2D eigenvalue weighted by molar-refractivity contribution is 7.26. The predicted molar refractivity (Wildman–Crippen MR) is 234 cm³/mol. The maximum atomic E-state index is 8.74. The van der Waals surface area contributed by atoms with E-state index in [-0.39, 0.29) is 28.6 Å². The summed E-state index contributed by atoms with van der Waals surface area (Å²) in [4.78, 5) is 13.7. The lowest BCUT2D eigenvalue weighted by molar-refractivity contribution is 0.669. The summed E-state index contributed by atoms with van der Waals surface area (Å²) < 4.78 is 100. The topological polar surface area (TPSA) is 65.0 Å². The summed E-state index contributed by atoms with van der Waals surface area (Å²) in [6.07, 6.45) is 0. The summed E-state index contributed by atoms with van der Waals surface area (Å²) in [6, 6.07) is 32.4. The van der Waals surface area contributed by atoms with E-state index < -0.39 is 60.4 Å². The van der Waals surface area contributed by atoms with Crippen LogP contribution in [0, 0.1) is 0 Å². The van der Waals surface area contributed by atoms with Crippen molar-refractivity contribution in [3.05, 3.63) is 176 Å². The van der Waals surface area contributed by atoms with Gasteiger partial charge in [-0.2, -0.15) is 0 Å². The lowest BCUT2D eigenvalue weighted by Gasteiger charge is -2.11. The first-order valence-electron chi connectivity index (χ1n) is 23.1. The number of thiophene rings is 1. The van der Waals surface area contributed by atoms with Crippen molar-refractivity contribution in [1.82, 2.24) is 15.0 Å². The van der Waals surface area contributed by atoms with Crippen LogP contribution in [0.15, 0.2) is 185 Å². The molecular formula is C51H29N3O2S. The standard InChI is InChI=1S/C51H29N3O2S/c1-3-13-30(14-4-1)49-52-50(31-15-5-2-6-16-31)54-51(53-49)39-21-11-20-36-34-26-25-32(28-43(34)56-48(36)39)33-27-40(47-38-18-8-10-24-44(38)57-45(47)29-33)35-19-12-23-42-46(35)37-17-7-9-22-41(37)55-42/h1-29H/i1D,2D,3D,4D,5D,6D,13D,14D,15D,16D. The van der Waals surface area contributed by atoms with Gasteiger partial charge in [-0.25, -0.2) is 15.0 Å². The van der Waals surface area contributed by atoms with E-state index in [4.69, 9.17) is 22.5 Å². The highest BCUT2D eigenvalue weighted by Gasteiger charge is 2.21. The van der Waals surface area contributed by atoms with Crippen molar-refractivity contribution >= 4 is 75.4 Å². The summed E-state index contributed by atoms with van der Waals surface area (Å²) in [5.74, 6) is -0.791. The minimum absolute atomic E-state index is 0.0793. The Morgan fingerprint density at radius 1 is 0.404 bits per heavy atom. The Morgan fingerprint density at radius 2 is 1.07 bits per heavy atom. The average molecular weight is 758 g/mol. The van der Waals surface area contributed by atoms with Gasteiger partial charge in [0.05, 0.1) is 19.3 Å². The van der Waals surface area contributed by atoms with Crippen LogP contribution in [0.5, 0.6) is 0 Å². The number of hydrogen-bond acceptors (Lipinski definition) is 6. The molecule has 0 radical (unpaired) electrons. The molecule has 8 aromatic carbocycles. The van der Waals surface area contributed by atoms with Crippen LogP contribution in [0.1, 0.15) is 13.7 Å². The highest BCUT2D eigenvalue weighted by atomic mass is 32.1. The molecule has 4 heterocycles. The Balaban J connectivity index is 1.07. The van der Waals surface area contributed by atoms with Gasteiger partial charge >= 0.3 is 0 Å². The predicted octanol–water partition coefficient (Wildman–Crippen LogP) is 14.4. The van der Waals surface area contributed by atoms with Gasteiger partial charge in [-0.3, -0.25) is 0 Å². The molecule has 266 valence electrons. The van der Waals surface area contributed by atoms with Gasteiger partial charge in [0.15, 0.2) is 17.5 Å². The van der Waals surface area contributed by atoms with E-state index in [0.717, 1.165) is 65.1 Å². The van der Waals surface area contributed by atoms with Gasteiger partial charge in [0.2, 0.25) is 0 Å². The molecule has 0 bridgehead atoms. The fraction of sp³-hybridized carbons (Fsp3) is 0. The van der Waals surface area contributed by atoms with Crippen molar-refractivity contribution in [3.63, 3.8) is 0 Å². The number of furan rings is 2. The van der Waals surface area contributed by atoms with Gasteiger partial charge in [-0.05, 0) is 70.8 Å². The van der Waals surface area contributed by atoms with Crippen molar-refractivity contribution in [3.8, 4) is 56.4 Å². The van der Waals surface area contributed by atoms with Crippen molar-refractivity contribution in [2.24, 2.45) is 0 Å². The molecule has 0 atom stereocenters. The third kappa shape index (κ3) is 5.12. The zero-order valence-electron chi connectivity index (χ0n) is 39.5. The molecule has 5 nitrogen and oxygen atoms in total. The molecular weight excluding hydrogens is 719 g/mol. The fourth-order valence-corrected chi connectivity index (χ4v) is 9.00. The Hall–Kier alpha value is -7.41. The second-order valence-electron chi connectivity index (χ2n) is 13.6. The van der Waals surface area contributed by atoms with E-state index in [2.05, 4.69) is 63.5 Å². The van der Waals surface area contributed by atoms with Gasteiger partial charge in [-0.15, -0.1) is 11.3 Å². The third-order valence-corrected chi connectivity index (χ3v) is 11.4. The minimum Gasteiger partial charge on any atom is -0.456 e. The van der Waals surface area contributed by atoms with E-state index >= 15 is 0 Å². The lowest BCUT2D eigenvalue weighted by Crippen LogP contribution is -2.00. The van der Waals surface area contributed by atoms with Crippen LogP contribution in [-0.2, 0) is 0 Å². The number of benzene rings is 8. The molecule has 0 N–H and O–H groups in total. The molecule has 0 spiro atoms. The minimum atomic E-state index is -0.622. The zero-order chi connectivity index (χ0) is 46.2. The quantitative estimate of drug-likeness (QED) is 0.175. The maximum absolute atomic E-state index is 8.74.